The van der Waals surface area contributed by atoms with Gasteiger partial charge in [0.1, 0.15) is 23.6 Å². The highest BCUT2D eigenvalue weighted by Crippen LogP contribution is 2.36. The molecule has 0 radical (unpaired) electrons. The van der Waals surface area contributed by atoms with Gasteiger partial charge < -0.3 is 15.2 Å². The van der Waals surface area contributed by atoms with Crippen molar-refractivity contribution < 1.29 is 21.5 Å². The van der Waals surface area contributed by atoms with E-state index in [0.717, 1.165) is 42.6 Å². The number of benzene rings is 2. The Morgan fingerprint density at radius 2 is 1.94 bits per heavy atom. The van der Waals surface area contributed by atoms with Crippen molar-refractivity contribution in [3.63, 3.8) is 0 Å². The zero-order chi connectivity index (χ0) is 21.6. The van der Waals surface area contributed by atoms with Crippen molar-refractivity contribution in [1.29, 1.82) is 0 Å². The molecular formula is C22H27F2N5O2. The van der Waals surface area contributed by atoms with E-state index >= 15 is 0 Å². The number of rotatable bonds is 5. The van der Waals surface area contributed by atoms with E-state index in [1.807, 2.05) is 25.1 Å². The standard InChI is InChI=1S/C22H23F2N5O2.2H2/c1-14-4-15(22(30)2-3-28(12-22)20-10-31-11-20)6-18(5-14)26-21-25-13-29(27-21)19-8-16(23)7-17(24)9-19;;/h4-9,13,20,30H,2-3,10-12H2,1H3,(H,26,27);2*1H/t22-;;/m1../s1. The SMILES string of the molecule is Cc1cc(Nc2ncn(-c3cc(F)cc(F)c3)n2)cc([C@@]2(O)CCN(C3COC3)C2)c1.[HH].[HH]. The van der Waals surface area contributed by atoms with E-state index in [9.17, 15) is 13.9 Å². The van der Waals surface area contributed by atoms with E-state index in [4.69, 9.17) is 4.74 Å². The lowest BCUT2D eigenvalue weighted by Gasteiger charge is -2.35. The van der Waals surface area contributed by atoms with Crippen molar-refractivity contribution in [3.8, 4) is 5.69 Å². The number of anilines is 2. The number of aryl methyl sites for hydroxylation is 1. The van der Waals surface area contributed by atoms with Gasteiger partial charge in [0.15, 0.2) is 0 Å². The van der Waals surface area contributed by atoms with Gasteiger partial charge in [-0.1, -0.05) is 6.07 Å². The topological polar surface area (TPSA) is 75.4 Å². The van der Waals surface area contributed by atoms with Crippen molar-refractivity contribution in [1.82, 2.24) is 19.7 Å². The molecule has 0 aliphatic carbocycles. The van der Waals surface area contributed by atoms with Gasteiger partial charge in [-0.25, -0.2) is 13.5 Å². The molecule has 5 rings (SSSR count). The molecule has 7 nitrogen and oxygen atoms in total. The van der Waals surface area contributed by atoms with Crippen LogP contribution in [0, 0.1) is 18.6 Å². The highest BCUT2D eigenvalue weighted by molar-refractivity contribution is 5.57. The zero-order valence-electron chi connectivity index (χ0n) is 17.1. The van der Waals surface area contributed by atoms with Crippen LogP contribution in [0.5, 0.6) is 0 Å². The Morgan fingerprint density at radius 1 is 1.16 bits per heavy atom. The van der Waals surface area contributed by atoms with Crippen LogP contribution in [-0.4, -0.2) is 57.1 Å². The Hall–Kier alpha value is -2.88. The van der Waals surface area contributed by atoms with E-state index in [1.54, 1.807) is 0 Å². The Balaban J connectivity index is 0.00000153. The number of aliphatic hydroxyl groups is 1. The maximum absolute atomic E-state index is 13.5. The van der Waals surface area contributed by atoms with Gasteiger partial charge in [-0.2, -0.15) is 4.98 Å². The molecule has 166 valence electrons. The van der Waals surface area contributed by atoms with Crippen LogP contribution in [0.4, 0.5) is 20.4 Å². The minimum atomic E-state index is -0.927. The normalized spacial score (nSPS) is 21.9. The third kappa shape index (κ3) is 4.04. The molecule has 2 aliphatic heterocycles. The highest BCUT2D eigenvalue weighted by Gasteiger charge is 2.42. The molecule has 2 fully saturated rings. The molecule has 0 unspecified atom stereocenters. The van der Waals surface area contributed by atoms with Crippen molar-refractivity contribution in [2.75, 3.05) is 31.6 Å². The molecular weight excluding hydrogens is 404 g/mol. The molecule has 3 aromatic rings. The first-order chi connectivity index (χ1) is 14.9. The molecule has 2 aliphatic rings. The van der Waals surface area contributed by atoms with Crippen molar-refractivity contribution in [2.24, 2.45) is 0 Å². The molecule has 0 saturated carbocycles. The summed E-state index contributed by atoms with van der Waals surface area (Å²) in [5.41, 5.74) is 1.87. The molecule has 2 N–H and O–H groups in total. The second-order valence-corrected chi connectivity index (χ2v) is 8.30. The number of nitrogens with one attached hydrogen (secondary N) is 1. The van der Waals surface area contributed by atoms with Crippen molar-refractivity contribution in [2.45, 2.75) is 25.0 Å². The largest absolute Gasteiger partial charge is 0.384 e. The third-order valence-corrected chi connectivity index (χ3v) is 5.89. The van der Waals surface area contributed by atoms with Gasteiger partial charge >= 0.3 is 0 Å². The maximum Gasteiger partial charge on any atom is 0.246 e. The van der Waals surface area contributed by atoms with Gasteiger partial charge in [-0.05, 0) is 48.7 Å². The molecule has 3 heterocycles. The van der Waals surface area contributed by atoms with E-state index in [-0.39, 0.29) is 14.5 Å². The maximum atomic E-state index is 13.5. The number of hydrogen-bond donors (Lipinski definition) is 2. The Kier molecular flexibility index (Phi) is 4.96. The predicted molar refractivity (Wildman–Crippen MR) is 115 cm³/mol. The summed E-state index contributed by atoms with van der Waals surface area (Å²) < 4.78 is 33.6. The van der Waals surface area contributed by atoms with Gasteiger partial charge in [-0.3, -0.25) is 4.90 Å². The average molecular weight is 431 g/mol. The Morgan fingerprint density at radius 3 is 2.65 bits per heavy atom. The molecule has 2 saturated heterocycles. The summed E-state index contributed by atoms with van der Waals surface area (Å²) in [6.45, 7) is 4.81. The first-order valence-corrected chi connectivity index (χ1v) is 10.2. The van der Waals surface area contributed by atoms with Crippen LogP contribution < -0.4 is 5.32 Å². The number of ether oxygens (including phenoxy) is 1. The second-order valence-electron chi connectivity index (χ2n) is 8.30. The number of β-amino-alcohol motifs (C(OH)–C–C–N with tert-alkyl or cyclic N) is 1. The molecule has 2 aromatic carbocycles. The first kappa shape index (κ1) is 20.0. The fraction of sp³-hybridized carbons (Fsp3) is 0.364. The number of hydrogen-bond acceptors (Lipinski definition) is 6. The first-order valence-electron chi connectivity index (χ1n) is 10.2. The predicted octanol–water partition coefficient (Wildman–Crippen LogP) is 3.38. The minimum Gasteiger partial charge on any atom is -0.384 e. The number of halogens is 2. The van der Waals surface area contributed by atoms with Crippen LogP contribution in [0.15, 0.2) is 42.7 Å². The lowest BCUT2D eigenvalue weighted by Crippen LogP contribution is -2.49. The summed E-state index contributed by atoms with van der Waals surface area (Å²) in [5, 5.41) is 18.7. The van der Waals surface area contributed by atoms with Crippen LogP contribution in [-0.2, 0) is 10.3 Å². The van der Waals surface area contributed by atoms with E-state index in [0.29, 0.717) is 19.0 Å². The average Bonchev–Trinajstić information content (AvgIpc) is 3.27. The quantitative estimate of drug-likeness (QED) is 0.645. The fourth-order valence-electron chi connectivity index (χ4n) is 4.17. The summed E-state index contributed by atoms with van der Waals surface area (Å²) in [6.07, 6.45) is 2.04. The van der Waals surface area contributed by atoms with Crippen LogP contribution >= 0.6 is 0 Å². The lowest BCUT2D eigenvalue weighted by molar-refractivity contribution is -0.0665. The van der Waals surface area contributed by atoms with Gasteiger partial charge in [0.25, 0.3) is 0 Å². The molecule has 0 amide bonds. The van der Waals surface area contributed by atoms with Crippen LogP contribution in [0.1, 0.15) is 20.4 Å². The summed E-state index contributed by atoms with van der Waals surface area (Å²) in [5.74, 6) is -1.08. The molecule has 1 atom stereocenters. The van der Waals surface area contributed by atoms with Gasteiger partial charge in [0.2, 0.25) is 5.95 Å². The smallest absolute Gasteiger partial charge is 0.246 e. The van der Waals surface area contributed by atoms with E-state index in [2.05, 4.69) is 20.3 Å². The van der Waals surface area contributed by atoms with Crippen molar-refractivity contribution in [3.05, 3.63) is 65.5 Å². The summed E-state index contributed by atoms with van der Waals surface area (Å²) in [4.78, 5) is 6.46. The van der Waals surface area contributed by atoms with Crippen LogP contribution in [0.2, 0.25) is 0 Å². The highest BCUT2D eigenvalue weighted by atomic mass is 19.1. The Labute approximate surface area is 181 Å². The summed E-state index contributed by atoms with van der Waals surface area (Å²) >= 11 is 0. The van der Waals surface area contributed by atoms with Crippen LogP contribution in [0.25, 0.3) is 5.69 Å². The van der Waals surface area contributed by atoms with E-state index in [1.165, 1.54) is 23.1 Å². The van der Waals surface area contributed by atoms with Gasteiger partial charge in [0, 0.05) is 27.7 Å². The number of aromatic nitrogens is 3. The summed E-state index contributed by atoms with van der Waals surface area (Å²) in [6, 6.07) is 9.38. The molecule has 31 heavy (non-hydrogen) atoms. The third-order valence-electron chi connectivity index (χ3n) is 5.89. The number of nitrogens with zero attached hydrogens (tertiary/aromatic N) is 4. The number of likely N-dealkylation sites (tertiary alicyclic amines) is 1. The molecule has 0 bridgehead atoms. The Bertz CT molecular complexity index is 1110. The van der Waals surface area contributed by atoms with E-state index < -0.39 is 17.2 Å². The zero-order valence-corrected chi connectivity index (χ0v) is 17.1. The van der Waals surface area contributed by atoms with Crippen molar-refractivity contribution >= 4 is 11.6 Å². The summed E-state index contributed by atoms with van der Waals surface area (Å²) in [7, 11) is 0. The second kappa shape index (κ2) is 7.67. The molecule has 0 spiro atoms. The van der Waals surface area contributed by atoms with Gasteiger partial charge in [0.05, 0.1) is 24.9 Å². The van der Waals surface area contributed by atoms with Gasteiger partial charge in [-0.15, -0.1) is 5.10 Å². The van der Waals surface area contributed by atoms with Crippen LogP contribution in [0.3, 0.4) is 0 Å². The molecule has 1 aromatic heterocycles. The monoisotopic (exact) mass is 431 g/mol. The minimum absolute atomic E-state index is 0. The lowest BCUT2D eigenvalue weighted by atomic mass is 9.91. The fourth-order valence-corrected chi connectivity index (χ4v) is 4.17. The molecule has 9 heteroatoms.